The number of hydrogen-bond donors (Lipinski definition) is 0. The fraction of sp³-hybridized carbons (Fsp3) is 0.400. The summed E-state index contributed by atoms with van der Waals surface area (Å²) in [5, 5.41) is 0. The van der Waals surface area contributed by atoms with Crippen molar-refractivity contribution >= 4 is 23.3 Å². The van der Waals surface area contributed by atoms with Crippen LogP contribution < -0.4 is 4.90 Å². The third-order valence-corrected chi connectivity index (χ3v) is 11.3. The molecule has 1 unspecified atom stereocenters. The van der Waals surface area contributed by atoms with Crippen LogP contribution in [0, 0.1) is 11.8 Å². The van der Waals surface area contributed by atoms with Crippen molar-refractivity contribution in [3.05, 3.63) is 136 Å². The minimum atomic E-state index is -5.22. The molecule has 59 heavy (non-hydrogen) atoms. The van der Waals surface area contributed by atoms with Gasteiger partial charge in [-0.2, -0.15) is 39.5 Å². The molecule has 4 aromatic carbocycles. The summed E-state index contributed by atoms with van der Waals surface area (Å²) in [5.74, 6) is -2.47. The van der Waals surface area contributed by atoms with Crippen molar-refractivity contribution in [3.8, 4) is 0 Å². The third-order valence-electron chi connectivity index (χ3n) is 11.3. The van der Waals surface area contributed by atoms with E-state index in [4.69, 9.17) is 9.73 Å². The second-order valence-electron chi connectivity index (χ2n) is 15.1. The van der Waals surface area contributed by atoms with Crippen LogP contribution in [-0.4, -0.2) is 30.2 Å². The van der Waals surface area contributed by atoms with Crippen LogP contribution in [0.5, 0.6) is 0 Å². The molecule has 6 rings (SSSR count). The number of esters is 1. The van der Waals surface area contributed by atoms with E-state index < -0.39 is 64.7 Å². The number of anilines is 1. The van der Waals surface area contributed by atoms with E-state index in [1.54, 1.807) is 74.5 Å². The van der Waals surface area contributed by atoms with Gasteiger partial charge in [-0.05, 0) is 98.9 Å². The quantitative estimate of drug-likeness (QED) is 0.0909. The molecule has 0 spiro atoms. The third kappa shape index (κ3) is 10.0. The summed E-state index contributed by atoms with van der Waals surface area (Å²) in [6, 6.07) is 18.5. The highest BCUT2D eigenvalue weighted by molar-refractivity contribution is 6.13. The Balaban J connectivity index is 1.56. The van der Waals surface area contributed by atoms with E-state index in [-0.39, 0.29) is 66.7 Å². The van der Waals surface area contributed by atoms with Crippen LogP contribution in [0.2, 0.25) is 0 Å². The Morgan fingerprint density at radius 2 is 1.25 bits per heavy atom. The monoisotopic (exact) mass is 830 g/mol. The molecule has 5 nitrogen and oxygen atoms in total. The van der Waals surface area contributed by atoms with Gasteiger partial charge in [-0.15, -0.1) is 0 Å². The lowest BCUT2D eigenvalue weighted by atomic mass is 9.75. The number of ether oxygens (including phenoxy) is 1. The van der Waals surface area contributed by atoms with Crippen molar-refractivity contribution in [3.63, 3.8) is 0 Å². The van der Waals surface area contributed by atoms with Gasteiger partial charge in [-0.1, -0.05) is 67.6 Å². The fourth-order valence-electron chi connectivity index (χ4n) is 8.38. The zero-order chi connectivity index (χ0) is 42.7. The Morgan fingerprint density at radius 1 is 0.712 bits per heavy atom. The molecule has 1 aliphatic heterocycles. The maximum absolute atomic E-state index is 14.5. The highest BCUT2D eigenvalue weighted by atomic mass is 19.4. The second-order valence-corrected chi connectivity index (χ2v) is 15.1. The summed E-state index contributed by atoms with van der Waals surface area (Å²) in [6.45, 7) is 3.70. The van der Waals surface area contributed by atoms with E-state index in [0.717, 1.165) is 12.1 Å². The van der Waals surface area contributed by atoms with Crippen LogP contribution in [0.4, 0.5) is 45.2 Å². The van der Waals surface area contributed by atoms with E-state index in [0.29, 0.717) is 48.9 Å². The minimum absolute atomic E-state index is 0.00681. The number of nitrogens with zero attached hydrogens (tertiary/aromatic N) is 2. The van der Waals surface area contributed by atoms with Crippen molar-refractivity contribution < 1.29 is 53.8 Å². The molecule has 1 amide bonds. The molecule has 0 N–H and O–H groups in total. The van der Waals surface area contributed by atoms with Crippen molar-refractivity contribution in [2.75, 3.05) is 11.5 Å². The SMILES string of the molecule is CCOC(=O)CC1CCC(C(=O)N2c3ccc(C(F)(F)F)cc3[C@@H](C(N=C(c3ccccc3)c3ccccc3)c3cc(C(F)(F)F)cc(C(F)(F)F)c3)C[C@H]2CC)CC1. The van der Waals surface area contributed by atoms with Gasteiger partial charge in [0.2, 0.25) is 5.91 Å². The lowest BCUT2D eigenvalue weighted by molar-refractivity contribution is -0.145. The average Bonchev–Trinajstić information content (AvgIpc) is 3.20. The van der Waals surface area contributed by atoms with Crippen molar-refractivity contribution in [2.45, 2.75) is 95.3 Å². The van der Waals surface area contributed by atoms with Gasteiger partial charge in [0.15, 0.2) is 0 Å². The van der Waals surface area contributed by atoms with Gasteiger partial charge in [0.1, 0.15) is 0 Å². The van der Waals surface area contributed by atoms with E-state index in [9.17, 15) is 49.1 Å². The zero-order valence-corrected chi connectivity index (χ0v) is 32.3. The Labute approximate surface area is 336 Å². The molecule has 1 aliphatic carbocycles. The van der Waals surface area contributed by atoms with Crippen LogP contribution in [0.3, 0.4) is 0 Å². The van der Waals surface area contributed by atoms with Gasteiger partial charge in [-0.25, -0.2) is 0 Å². The van der Waals surface area contributed by atoms with E-state index >= 15 is 0 Å². The maximum Gasteiger partial charge on any atom is 0.416 e. The van der Waals surface area contributed by atoms with Gasteiger partial charge in [-0.3, -0.25) is 14.6 Å². The van der Waals surface area contributed by atoms with Crippen LogP contribution in [0.1, 0.15) is 110 Å². The Bertz CT molecular complexity index is 2050. The molecule has 1 saturated carbocycles. The minimum Gasteiger partial charge on any atom is -0.466 e. The van der Waals surface area contributed by atoms with E-state index in [1.165, 1.54) is 11.0 Å². The first kappa shape index (κ1) is 43.4. The van der Waals surface area contributed by atoms with Gasteiger partial charge in [0.25, 0.3) is 0 Å². The number of carbonyl (C=O) groups is 2. The number of hydrogen-bond acceptors (Lipinski definition) is 4. The molecular formula is C45H43F9N2O3. The van der Waals surface area contributed by atoms with Crippen molar-refractivity contribution in [1.82, 2.24) is 0 Å². The number of halogens is 9. The summed E-state index contributed by atoms with van der Waals surface area (Å²) in [6.07, 6.45) is -13.1. The number of amides is 1. The highest BCUT2D eigenvalue weighted by Gasteiger charge is 2.45. The molecule has 0 aromatic heterocycles. The number of aliphatic imine (C=N–C) groups is 1. The number of alkyl halides is 9. The predicted molar refractivity (Wildman–Crippen MR) is 205 cm³/mol. The smallest absolute Gasteiger partial charge is 0.416 e. The second kappa shape index (κ2) is 17.6. The van der Waals surface area contributed by atoms with Gasteiger partial charge in [0.05, 0.1) is 35.1 Å². The van der Waals surface area contributed by atoms with Crippen LogP contribution in [0.25, 0.3) is 0 Å². The fourth-order valence-corrected chi connectivity index (χ4v) is 8.38. The molecule has 2 aliphatic rings. The van der Waals surface area contributed by atoms with Crippen molar-refractivity contribution in [2.24, 2.45) is 16.8 Å². The van der Waals surface area contributed by atoms with E-state index in [1.807, 2.05) is 0 Å². The largest absolute Gasteiger partial charge is 0.466 e. The lowest BCUT2D eigenvalue weighted by Gasteiger charge is -2.44. The number of benzene rings is 4. The summed E-state index contributed by atoms with van der Waals surface area (Å²) >= 11 is 0. The first-order valence-corrected chi connectivity index (χ1v) is 19.6. The lowest BCUT2D eigenvalue weighted by Crippen LogP contribution is -2.48. The van der Waals surface area contributed by atoms with Crippen LogP contribution in [0.15, 0.2) is 102 Å². The summed E-state index contributed by atoms with van der Waals surface area (Å²) in [7, 11) is 0. The number of carbonyl (C=O) groups excluding carboxylic acids is 2. The van der Waals surface area contributed by atoms with Gasteiger partial charge < -0.3 is 9.64 Å². The molecule has 0 radical (unpaired) electrons. The summed E-state index contributed by atoms with van der Waals surface area (Å²) in [5.41, 5.74) is -3.64. The van der Waals surface area contributed by atoms with Gasteiger partial charge in [0, 0.05) is 41.1 Å². The summed E-state index contributed by atoms with van der Waals surface area (Å²) in [4.78, 5) is 33.1. The summed E-state index contributed by atoms with van der Waals surface area (Å²) < 4.78 is 135. The van der Waals surface area contributed by atoms with Crippen LogP contribution in [-0.2, 0) is 32.9 Å². The molecule has 14 heteroatoms. The molecule has 1 heterocycles. The molecule has 0 saturated heterocycles. The number of rotatable bonds is 10. The highest BCUT2D eigenvalue weighted by Crippen LogP contribution is 2.51. The molecule has 1 fully saturated rings. The average molecular weight is 831 g/mol. The first-order chi connectivity index (χ1) is 27.9. The first-order valence-electron chi connectivity index (χ1n) is 19.6. The van der Waals surface area contributed by atoms with E-state index in [2.05, 4.69) is 0 Å². The standard InChI is InChI=1S/C45H43F9N2O3/c1-3-35-26-37(36-25-32(43(46,47)48)19-20-38(36)56(35)42(58)30-17-15-27(16-18-30)21-39(57)59-4-2)41(31-22-33(44(49,50)51)24-34(23-31)45(52,53)54)55-40(28-11-7-5-8-12-28)29-13-9-6-10-14-29/h5-14,19-20,22-25,27,30,35,37,41H,3-4,15-18,21,26H2,1-2H3/t27?,30?,35-,37+,41?/m1/s1. The van der Waals surface area contributed by atoms with Crippen LogP contribution >= 0.6 is 0 Å². The topological polar surface area (TPSA) is 59.0 Å². The molecule has 0 bridgehead atoms. The normalized spacial score (nSPS) is 20.4. The van der Waals surface area contributed by atoms with Crippen molar-refractivity contribution in [1.29, 1.82) is 0 Å². The Hall–Kier alpha value is -5.14. The molecular weight excluding hydrogens is 787 g/mol. The predicted octanol–water partition coefficient (Wildman–Crippen LogP) is 12.4. The Kier molecular flexibility index (Phi) is 13.0. The zero-order valence-electron chi connectivity index (χ0n) is 32.3. The molecule has 4 aromatic rings. The molecule has 314 valence electrons. The maximum atomic E-state index is 14.5. The number of fused-ring (bicyclic) bond motifs is 1. The van der Waals surface area contributed by atoms with Gasteiger partial charge >= 0.3 is 24.5 Å². The Morgan fingerprint density at radius 3 is 1.75 bits per heavy atom. The molecule has 3 atom stereocenters.